The smallest absolute Gasteiger partial charge is 0.328 e. The summed E-state index contributed by atoms with van der Waals surface area (Å²) in [6.45, 7) is 3.87. The lowest BCUT2D eigenvalue weighted by Gasteiger charge is -2.15. The molecule has 2 atom stereocenters. The molecule has 3 rings (SSSR count). The zero-order valence-corrected chi connectivity index (χ0v) is 16.1. The lowest BCUT2D eigenvalue weighted by molar-refractivity contribution is -0.142. The molecule has 0 saturated carbocycles. The van der Waals surface area contributed by atoms with Crippen LogP contribution in [0.1, 0.15) is 41.8 Å². The Kier molecular flexibility index (Phi) is 5.79. The Morgan fingerprint density at radius 1 is 1.32 bits per heavy atom. The number of aromatic amines is 1. The Labute approximate surface area is 162 Å². The molecular formula is C20H24N4O4. The van der Waals surface area contributed by atoms with Crippen molar-refractivity contribution >= 4 is 22.8 Å². The first-order valence-electron chi connectivity index (χ1n) is 9.05. The molecule has 4 N–H and O–H groups in total. The quantitative estimate of drug-likeness (QED) is 0.537. The summed E-state index contributed by atoms with van der Waals surface area (Å²) in [6.07, 6.45) is 3.34. The SMILES string of the molecule is COC(=O)C(Cc1c[nH]c2ccccc12)NC(=O)c1coc(C(N)C(C)C)n1. The number of benzene rings is 1. The number of methoxy groups -OCH3 is 1. The minimum atomic E-state index is -0.865. The Hall–Kier alpha value is -3.13. The van der Waals surface area contributed by atoms with E-state index in [1.807, 2.05) is 44.3 Å². The highest BCUT2D eigenvalue weighted by atomic mass is 16.5. The van der Waals surface area contributed by atoms with Crippen LogP contribution < -0.4 is 11.1 Å². The van der Waals surface area contributed by atoms with Crippen LogP contribution in [0.3, 0.4) is 0 Å². The van der Waals surface area contributed by atoms with Crippen molar-refractivity contribution in [2.45, 2.75) is 32.4 Å². The summed E-state index contributed by atoms with van der Waals surface area (Å²) in [5, 5.41) is 3.66. The van der Waals surface area contributed by atoms with E-state index in [4.69, 9.17) is 14.9 Å². The third-order valence-corrected chi connectivity index (χ3v) is 4.65. The van der Waals surface area contributed by atoms with Gasteiger partial charge < -0.3 is 25.2 Å². The first kappa shape index (κ1) is 19.6. The van der Waals surface area contributed by atoms with Crippen LogP contribution in [0.4, 0.5) is 0 Å². The zero-order valence-electron chi connectivity index (χ0n) is 16.1. The summed E-state index contributed by atoms with van der Waals surface area (Å²) in [6, 6.07) is 6.46. The van der Waals surface area contributed by atoms with Gasteiger partial charge in [0.15, 0.2) is 5.69 Å². The molecule has 28 heavy (non-hydrogen) atoms. The molecule has 0 aliphatic carbocycles. The number of H-pyrrole nitrogens is 1. The minimum Gasteiger partial charge on any atom is -0.467 e. The molecule has 0 bridgehead atoms. The van der Waals surface area contributed by atoms with Crippen molar-refractivity contribution < 1.29 is 18.7 Å². The number of nitrogens with one attached hydrogen (secondary N) is 2. The van der Waals surface area contributed by atoms with E-state index >= 15 is 0 Å². The van der Waals surface area contributed by atoms with E-state index in [2.05, 4.69) is 15.3 Å². The van der Waals surface area contributed by atoms with Crippen molar-refractivity contribution in [1.29, 1.82) is 0 Å². The number of amides is 1. The summed E-state index contributed by atoms with van der Waals surface area (Å²) >= 11 is 0. The van der Waals surface area contributed by atoms with Crippen LogP contribution in [-0.4, -0.2) is 35.0 Å². The molecule has 148 valence electrons. The van der Waals surface area contributed by atoms with Gasteiger partial charge in [0.2, 0.25) is 5.89 Å². The third kappa shape index (κ3) is 4.07. The summed E-state index contributed by atoms with van der Waals surface area (Å²) in [5.74, 6) is -0.673. The maximum absolute atomic E-state index is 12.6. The average molecular weight is 384 g/mol. The number of esters is 1. The highest BCUT2D eigenvalue weighted by molar-refractivity contribution is 5.95. The summed E-state index contributed by atoms with van der Waals surface area (Å²) in [4.78, 5) is 32.1. The van der Waals surface area contributed by atoms with Crippen molar-refractivity contribution in [2.75, 3.05) is 7.11 Å². The van der Waals surface area contributed by atoms with E-state index in [0.29, 0.717) is 0 Å². The number of para-hydroxylation sites is 1. The number of rotatable bonds is 7. The summed E-state index contributed by atoms with van der Waals surface area (Å²) in [7, 11) is 1.28. The molecule has 8 nitrogen and oxygen atoms in total. The number of fused-ring (bicyclic) bond motifs is 1. The Morgan fingerprint density at radius 2 is 2.07 bits per heavy atom. The molecule has 0 saturated heterocycles. The molecule has 2 unspecified atom stereocenters. The second kappa shape index (κ2) is 8.26. The molecule has 8 heteroatoms. The number of hydrogen-bond acceptors (Lipinski definition) is 6. The van der Waals surface area contributed by atoms with Gasteiger partial charge in [-0.25, -0.2) is 9.78 Å². The second-order valence-electron chi connectivity index (χ2n) is 6.95. The molecule has 3 aromatic rings. The third-order valence-electron chi connectivity index (χ3n) is 4.65. The van der Waals surface area contributed by atoms with E-state index in [9.17, 15) is 9.59 Å². The van der Waals surface area contributed by atoms with E-state index in [1.54, 1.807) is 0 Å². The molecule has 0 aliphatic heterocycles. The number of carbonyl (C=O) groups is 2. The van der Waals surface area contributed by atoms with Gasteiger partial charge in [-0.15, -0.1) is 0 Å². The largest absolute Gasteiger partial charge is 0.467 e. The first-order valence-corrected chi connectivity index (χ1v) is 9.05. The van der Waals surface area contributed by atoms with E-state index in [1.165, 1.54) is 13.4 Å². The lowest BCUT2D eigenvalue weighted by Crippen LogP contribution is -2.43. The highest BCUT2D eigenvalue weighted by Gasteiger charge is 2.26. The second-order valence-corrected chi connectivity index (χ2v) is 6.95. The van der Waals surface area contributed by atoms with Crippen LogP contribution in [0.15, 0.2) is 41.1 Å². The summed E-state index contributed by atoms with van der Waals surface area (Å²) < 4.78 is 10.2. The van der Waals surface area contributed by atoms with Crippen LogP contribution in [0.5, 0.6) is 0 Å². The van der Waals surface area contributed by atoms with E-state index in [-0.39, 0.29) is 23.9 Å². The molecule has 0 radical (unpaired) electrons. The van der Waals surface area contributed by atoms with E-state index in [0.717, 1.165) is 16.5 Å². The van der Waals surface area contributed by atoms with Gasteiger partial charge in [0.25, 0.3) is 5.91 Å². The lowest BCUT2D eigenvalue weighted by atomic mass is 10.0. The molecule has 1 aromatic carbocycles. The number of hydrogen-bond donors (Lipinski definition) is 3. The van der Waals surface area contributed by atoms with Gasteiger partial charge in [-0.3, -0.25) is 4.79 Å². The van der Waals surface area contributed by atoms with Crippen molar-refractivity contribution in [2.24, 2.45) is 11.7 Å². The van der Waals surface area contributed by atoms with Gasteiger partial charge in [0.1, 0.15) is 12.3 Å². The average Bonchev–Trinajstić information content (AvgIpc) is 3.34. The Morgan fingerprint density at radius 3 is 2.79 bits per heavy atom. The van der Waals surface area contributed by atoms with Crippen LogP contribution in [0.2, 0.25) is 0 Å². The van der Waals surface area contributed by atoms with Gasteiger partial charge in [0.05, 0.1) is 13.2 Å². The monoisotopic (exact) mass is 384 g/mol. The fraction of sp³-hybridized carbons (Fsp3) is 0.350. The molecule has 1 amide bonds. The molecule has 0 spiro atoms. The van der Waals surface area contributed by atoms with Crippen LogP contribution >= 0.6 is 0 Å². The van der Waals surface area contributed by atoms with E-state index < -0.39 is 24.0 Å². The van der Waals surface area contributed by atoms with Crippen molar-refractivity contribution in [3.8, 4) is 0 Å². The van der Waals surface area contributed by atoms with Gasteiger partial charge in [0, 0.05) is 23.5 Å². The Balaban J connectivity index is 1.77. The molecule has 2 heterocycles. The van der Waals surface area contributed by atoms with Crippen LogP contribution in [0.25, 0.3) is 10.9 Å². The predicted octanol–water partition coefficient (Wildman–Crippen LogP) is 2.33. The highest BCUT2D eigenvalue weighted by Crippen LogP contribution is 2.20. The predicted molar refractivity (Wildman–Crippen MR) is 104 cm³/mol. The number of aromatic nitrogens is 2. The maximum atomic E-state index is 12.6. The van der Waals surface area contributed by atoms with Crippen LogP contribution in [-0.2, 0) is 16.0 Å². The number of oxazole rings is 1. The number of nitrogens with zero attached hydrogens (tertiary/aromatic N) is 1. The fourth-order valence-corrected chi connectivity index (χ4v) is 2.92. The topological polar surface area (TPSA) is 123 Å². The summed E-state index contributed by atoms with van der Waals surface area (Å²) in [5.41, 5.74) is 7.92. The van der Waals surface area contributed by atoms with Crippen molar-refractivity contribution in [3.05, 3.63) is 53.9 Å². The fourth-order valence-electron chi connectivity index (χ4n) is 2.92. The molecular weight excluding hydrogens is 360 g/mol. The number of nitrogens with two attached hydrogens (primary N) is 1. The van der Waals surface area contributed by atoms with Gasteiger partial charge >= 0.3 is 5.97 Å². The molecule has 0 fully saturated rings. The Bertz CT molecular complexity index is 975. The number of ether oxygens (including phenoxy) is 1. The maximum Gasteiger partial charge on any atom is 0.328 e. The van der Waals surface area contributed by atoms with Gasteiger partial charge in [-0.1, -0.05) is 32.0 Å². The molecule has 2 aromatic heterocycles. The molecule has 0 aliphatic rings. The number of carbonyl (C=O) groups excluding carboxylic acids is 2. The normalized spacial score (nSPS) is 13.5. The zero-order chi connectivity index (χ0) is 20.3. The van der Waals surface area contributed by atoms with Crippen LogP contribution in [0, 0.1) is 5.92 Å². The van der Waals surface area contributed by atoms with Crippen molar-refractivity contribution in [3.63, 3.8) is 0 Å². The van der Waals surface area contributed by atoms with Gasteiger partial charge in [-0.2, -0.15) is 0 Å². The first-order chi connectivity index (χ1) is 13.4. The van der Waals surface area contributed by atoms with Crippen molar-refractivity contribution in [1.82, 2.24) is 15.3 Å². The standard InChI is InChI=1S/C20H24N4O4/c1-11(2)17(21)19-24-16(10-28-19)18(25)23-15(20(26)27-3)8-12-9-22-14-7-5-4-6-13(12)14/h4-7,9-11,15,17,22H,8,21H2,1-3H3,(H,23,25). The minimum absolute atomic E-state index is 0.0685. The van der Waals surface area contributed by atoms with Gasteiger partial charge in [-0.05, 0) is 17.5 Å².